The predicted molar refractivity (Wildman–Crippen MR) is 426 cm³/mol. The van der Waals surface area contributed by atoms with Gasteiger partial charge in [0.2, 0.25) is 5.91 Å². The summed E-state index contributed by atoms with van der Waals surface area (Å²) < 4.78 is 16.8. The van der Waals surface area contributed by atoms with Gasteiger partial charge in [0.25, 0.3) is 0 Å². The molecule has 0 spiro atoms. The Morgan fingerprint density at radius 1 is 0.360 bits per heavy atom. The van der Waals surface area contributed by atoms with Gasteiger partial charge in [0.15, 0.2) is 6.29 Å². The second-order valence-corrected chi connectivity index (χ2v) is 30.9. The number of ether oxygens (including phenoxy) is 3. The Hall–Kier alpha value is -2.12. The largest absolute Gasteiger partial charge is 0.466 e. The molecule has 0 radical (unpaired) electrons. The summed E-state index contributed by atoms with van der Waals surface area (Å²) in [5, 5.41) is 54.6. The lowest BCUT2D eigenvalue weighted by Gasteiger charge is -2.40. The summed E-state index contributed by atoms with van der Waals surface area (Å²) in [5.41, 5.74) is 0. The van der Waals surface area contributed by atoms with Crippen LogP contribution in [-0.2, 0) is 23.8 Å². The van der Waals surface area contributed by atoms with E-state index in [1.165, 1.54) is 379 Å². The summed E-state index contributed by atoms with van der Waals surface area (Å²) >= 11 is 0. The standard InChI is InChI=1S/C89H169NO10/c1-3-5-7-9-11-13-15-17-19-20-45-49-53-57-61-65-69-73-77-85(94)98-78-74-70-66-62-58-54-50-46-43-41-39-37-35-33-31-29-27-25-23-21-22-24-26-28-30-32-34-36-38-40-42-44-48-52-56-60-64-68-72-76-84(93)90-81(80-99-89-88(97)87(96)86(95)83(79-91)100-89)82(92)75-71-67-63-59-55-51-47-18-16-14-12-10-8-6-4-2/h21-22,55,59,71,75,81-83,86-89,91-92,95-97H,3-20,23-54,56-58,60-70,72-74,76-80H2,1-2H3,(H,90,93)/b22-21-,59-55+,75-71+. The van der Waals surface area contributed by atoms with Crippen LogP contribution in [0.5, 0.6) is 0 Å². The zero-order valence-electron chi connectivity index (χ0n) is 66.2. The van der Waals surface area contributed by atoms with Gasteiger partial charge in [-0.05, 0) is 70.6 Å². The number of esters is 1. The second kappa shape index (κ2) is 78.0. The van der Waals surface area contributed by atoms with E-state index in [2.05, 4.69) is 43.5 Å². The van der Waals surface area contributed by atoms with Gasteiger partial charge < -0.3 is 45.1 Å². The maximum atomic E-state index is 13.1. The van der Waals surface area contributed by atoms with Crippen LogP contribution >= 0.6 is 0 Å². The minimum absolute atomic E-state index is 0.0221. The third-order valence-electron chi connectivity index (χ3n) is 21.2. The van der Waals surface area contributed by atoms with Crippen LogP contribution in [0.25, 0.3) is 0 Å². The zero-order valence-corrected chi connectivity index (χ0v) is 66.2. The van der Waals surface area contributed by atoms with E-state index >= 15 is 0 Å². The highest BCUT2D eigenvalue weighted by molar-refractivity contribution is 5.76. The molecule has 6 N–H and O–H groups in total. The first-order valence-corrected chi connectivity index (χ1v) is 44.3. The average Bonchev–Trinajstić information content (AvgIpc) is 0.824. The van der Waals surface area contributed by atoms with Crippen LogP contribution in [0.1, 0.15) is 457 Å². The molecular formula is C89H169NO10. The van der Waals surface area contributed by atoms with Crippen LogP contribution in [0.3, 0.4) is 0 Å². The summed E-state index contributed by atoms with van der Waals surface area (Å²) in [6, 6.07) is -0.825. The molecule has 1 amide bonds. The van der Waals surface area contributed by atoms with Crippen molar-refractivity contribution in [1.29, 1.82) is 0 Å². The van der Waals surface area contributed by atoms with Crippen LogP contribution in [-0.4, -0.2) is 100 Å². The molecule has 1 fully saturated rings. The highest BCUT2D eigenvalue weighted by atomic mass is 16.7. The number of allylic oxidation sites excluding steroid dienone is 5. The Morgan fingerprint density at radius 3 is 0.990 bits per heavy atom. The molecule has 590 valence electrons. The Labute approximate surface area is 619 Å². The SMILES string of the molecule is CCCCCCCCCCC/C=C/CC/C=C/C(O)C(COC1OC(CO)C(O)C(O)C1O)NC(=O)CCCCCCCCCCCCCCCCCCC/C=C\CCCCCCCCCCCCCCCCCCCCOC(=O)CCCCCCCCCCCCCCCCCCCC. The lowest BCUT2D eigenvalue weighted by Crippen LogP contribution is -2.60. The monoisotopic (exact) mass is 1410 g/mol. The number of unbranched alkanes of at least 4 members (excludes halogenated alkanes) is 62. The second-order valence-electron chi connectivity index (χ2n) is 30.9. The molecule has 1 saturated heterocycles. The van der Waals surface area contributed by atoms with Crippen molar-refractivity contribution in [2.45, 2.75) is 500 Å². The van der Waals surface area contributed by atoms with Crippen LogP contribution < -0.4 is 5.32 Å². The summed E-state index contributed by atoms with van der Waals surface area (Å²) in [6.45, 7) is 4.40. The molecule has 0 bridgehead atoms. The molecule has 0 aromatic rings. The van der Waals surface area contributed by atoms with Crippen LogP contribution in [0, 0.1) is 0 Å². The van der Waals surface area contributed by atoms with Crippen LogP contribution in [0.15, 0.2) is 36.5 Å². The van der Waals surface area contributed by atoms with Gasteiger partial charge in [-0.2, -0.15) is 0 Å². The van der Waals surface area contributed by atoms with Gasteiger partial charge in [-0.15, -0.1) is 0 Å². The van der Waals surface area contributed by atoms with E-state index in [1.54, 1.807) is 6.08 Å². The third kappa shape index (κ3) is 65.4. The number of aliphatic hydroxyl groups excluding tert-OH is 5. The molecule has 1 aliphatic rings. The fraction of sp³-hybridized carbons (Fsp3) is 0.910. The van der Waals surface area contributed by atoms with E-state index in [4.69, 9.17) is 14.2 Å². The molecule has 7 unspecified atom stereocenters. The molecule has 7 atom stereocenters. The molecule has 0 aromatic carbocycles. The quantitative estimate of drug-likeness (QED) is 0.0195. The normalized spacial score (nSPS) is 17.2. The van der Waals surface area contributed by atoms with E-state index < -0.39 is 49.5 Å². The van der Waals surface area contributed by atoms with Crippen LogP contribution in [0.4, 0.5) is 0 Å². The molecule has 0 saturated carbocycles. The number of carbonyl (C=O) groups is 2. The van der Waals surface area contributed by atoms with Gasteiger partial charge in [0, 0.05) is 12.8 Å². The van der Waals surface area contributed by atoms with Crippen molar-refractivity contribution in [2.75, 3.05) is 19.8 Å². The summed E-state index contributed by atoms with van der Waals surface area (Å²) in [7, 11) is 0. The Morgan fingerprint density at radius 2 is 0.650 bits per heavy atom. The summed E-state index contributed by atoms with van der Waals surface area (Å²) in [6.07, 6.45) is 93.5. The Kier molecular flexibility index (Phi) is 74.8. The molecule has 0 aromatic heterocycles. The van der Waals surface area contributed by atoms with E-state index in [1.807, 2.05) is 6.08 Å². The number of aliphatic hydroxyl groups is 5. The van der Waals surface area contributed by atoms with Crippen molar-refractivity contribution in [2.24, 2.45) is 0 Å². The molecule has 0 aliphatic carbocycles. The summed E-state index contributed by atoms with van der Waals surface area (Å²) in [5.74, 6) is -0.162. The fourth-order valence-corrected chi connectivity index (χ4v) is 14.3. The van der Waals surface area contributed by atoms with Crippen molar-refractivity contribution >= 4 is 11.9 Å². The maximum Gasteiger partial charge on any atom is 0.305 e. The summed E-state index contributed by atoms with van der Waals surface area (Å²) in [4.78, 5) is 25.3. The van der Waals surface area contributed by atoms with E-state index in [0.717, 1.165) is 51.4 Å². The lowest BCUT2D eigenvalue weighted by molar-refractivity contribution is -0.302. The smallest absolute Gasteiger partial charge is 0.305 e. The molecule has 11 heteroatoms. The van der Waals surface area contributed by atoms with Crippen molar-refractivity contribution in [3.8, 4) is 0 Å². The molecule has 11 nitrogen and oxygen atoms in total. The van der Waals surface area contributed by atoms with Gasteiger partial charge in [-0.25, -0.2) is 0 Å². The van der Waals surface area contributed by atoms with Gasteiger partial charge in [0.05, 0.1) is 32.0 Å². The van der Waals surface area contributed by atoms with E-state index in [0.29, 0.717) is 19.4 Å². The van der Waals surface area contributed by atoms with Gasteiger partial charge >= 0.3 is 5.97 Å². The minimum atomic E-state index is -1.58. The minimum Gasteiger partial charge on any atom is -0.466 e. The first kappa shape index (κ1) is 95.9. The average molecular weight is 1410 g/mol. The van der Waals surface area contributed by atoms with Crippen molar-refractivity contribution < 1.29 is 49.3 Å². The number of rotatable bonds is 80. The number of hydrogen-bond acceptors (Lipinski definition) is 10. The van der Waals surface area contributed by atoms with Crippen molar-refractivity contribution in [3.63, 3.8) is 0 Å². The molecule has 1 aliphatic heterocycles. The first-order chi connectivity index (χ1) is 49.2. The number of amides is 1. The van der Waals surface area contributed by atoms with Gasteiger partial charge in [0.1, 0.15) is 24.4 Å². The number of hydrogen-bond donors (Lipinski definition) is 6. The highest BCUT2D eigenvalue weighted by Crippen LogP contribution is 2.24. The molecule has 1 heterocycles. The first-order valence-electron chi connectivity index (χ1n) is 44.3. The number of nitrogens with one attached hydrogen (secondary N) is 1. The Balaban J connectivity index is 1.88. The van der Waals surface area contributed by atoms with Crippen molar-refractivity contribution in [1.82, 2.24) is 5.32 Å². The topological polar surface area (TPSA) is 175 Å². The number of carbonyl (C=O) groups excluding carboxylic acids is 2. The Bertz CT molecular complexity index is 1760. The van der Waals surface area contributed by atoms with Gasteiger partial charge in [-0.3, -0.25) is 9.59 Å². The van der Waals surface area contributed by atoms with E-state index in [-0.39, 0.29) is 18.5 Å². The van der Waals surface area contributed by atoms with Crippen molar-refractivity contribution in [3.05, 3.63) is 36.5 Å². The molecule has 100 heavy (non-hydrogen) atoms. The predicted octanol–water partition coefficient (Wildman–Crippen LogP) is 24.8. The highest BCUT2D eigenvalue weighted by Gasteiger charge is 2.44. The zero-order chi connectivity index (χ0) is 72.2. The maximum absolute atomic E-state index is 13.1. The fourth-order valence-electron chi connectivity index (χ4n) is 14.3. The van der Waals surface area contributed by atoms with Crippen LogP contribution in [0.2, 0.25) is 0 Å². The lowest BCUT2D eigenvalue weighted by atomic mass is 9.99. The van der Waals surface area contributed by atoms with Gasteiger partial charge in [-0.1, -0.05) is 410 Å². The third-order valence-corrected chi connectivity index (χ3v) is 21.2. The van der Waals surface area contributed by atoms with E-state index in [9.17, 15) is 35.1 Å². The molecule has 1 rings (SSSR count). The molecular weight excluding hydrogens is 1240 g/mol.